The molecule has 116 valence electrons. The van der Waals surface area contributed by atoms with Gasteiger partial charge in [0.1, 0.15) is 11.3 Å². The minimum absolute atomic E-state index is 0.0283. The van der Waals surface area contributed by atoms with Crippen LogP contribution in [0, 0.1) is 0 Å². The second kappa shape index (κ2) is 4.70. The van der Waals surface area contributed by atoms with E-state index < -0.39 is 17.5 Å². The van der Waals surface area contributed by atoms with Gasteiger partial charge in [-0.3, -0.25) is 9.69 Å². The molecular weight excluding hydrogens is 298 g/mol. The normalized spacial score (nSPS) is 21.2. The Labute approximate surface area is 130 Å². The highest BCUT2D eigenvalue weighted by Crippen LogP contribution is 2.33. The number of benzene rings is 1. The molecule has 3 aromatic rings. The van der Waals surface area contributed by atoms with Crippen molar-refractivity contribution in [3.63, 3.8) is 0 Å². The summed E-state index contributed by atoms with van der Waals surface area (Å²) in [6, 6.07) is 10.3. The molecule has 7 nitrogen and oxygen atoms in total. The fraction of sp³-hybridized carbons (Fsp3) is 0.188. The van der Waals surface area contributed by atoms with E-state index in [1.807, 2.05) is 24.3 Å². The van der Waals surface area contributed by atoms with E-state index in [9.17, 15) is 9.59 Å². The first-order valence-corrected chi connectivity index (χ1v) is 7.11. The minimum Gasteiger partial charge on any atom is -0.458 e. The Bertz CT molecular complexity index is 866. The summed E-state index contributed by atoms with van der Waals surface area (Å²) in [5.74, 6) is 0.442. The van der Waals surface area contributed by atoms with Crippen molar-refractivity contribution in [3.8, 4) is 0 Å². The van der Waals surface area contributed by atoms with Crippen LogP contribution in [0.1, 0.15) is 18.4 Å². The summed E-state index contributed by atoms with van der Waals surface area (Å²) in [5, 5.41) is 7.15. The van der Waals surface area contributed by atoms with E-state index in [4.69, 9.17) is 8.94 Å². The molecule has 7 heteroatoms. The Morgan fingerprint density at radius 2 is 2.09 bits per heavy atom. The summed E-state index contributed by atoms with van der Waals surface area (Å²) >= 11 is 0. The van der Waals surface area contributed by atoms with Crippen molar-refractivity contribution in [1.82, 2.24) is 15.4 Å². The summed E-state index contributed by atoms with van der Waals surface area (Å²) in [4.78, 5) is 26.1. The van der Waals surface area contributed by atoms with E-state index in [-0.39, 0.29) is 6.54 Å². The molecule has 1 fully saturated rings. The van der Waals surface area contributed by atoms with Crippen LogP contribution < -0.4 is 5.32 Å². The van der Waals surface area contributed by atoms with Crippen LogP contribution in [-0.2, 0) is 16.9 Å². The van der Waals surface area contributed by atoms with Crippen molar-refractivity contribution in [2.24, 2.45) is 0 Å². The Hall–Kier alpha value is -3.09. The van der Waals surface area contributed by atoms with Crippen LogP contribution >= 0.6 is 0 Å². The van der Waals surface area contributed by atoms with Crippen molar-refractivity contribution in [2.45, 2.75) is 19.0 Å². The molecular formula is C16H13N3O4. The molecule has 0 bridgehead atoms. The highest BCUT2D eigenvalue weighted by molar-refractivity contribution is 6.07. The number of furan rings is 1. The van der Waals surface area contributed by atoms with Gasteiger partial charge in [-0.25, -0.2) is 4.79 Å². The fourth-order valence-corrected chi connectivity index (χ4v) is 2.72. The van der Waals surface area contributed by atoms with Crippen LogP contribution in [-0.4, -0.2) is 22.0 Å². The second-order valence-corrected chi connectivity index (χ2v) is 5.57. The number of urea groups is 1. The van der Waals surface area contributed by atoms with Gasteiger partial charge in [0.05, 0.1) is 12.7 Å². The first kappa shape index (κ1) is 13.6. The first-order chi connectivity index (χ1) is 11.1. The van der Waals surface area contributed by atoms with Gasteiger partial charge in [0.25, 0.3) is 5.91 Å². The summed E-state index contributed by atoms with van der Waals surface area (Å²) in [6.45, 7) is 1.66. The quantitative estimate of drug-likeness (QED) is 0.750. The van der Waals surface area contributed by atoms with Crippen LogP contribution in [0.25, 0.3) is 11.0 Å². The highest BCUT2D eigenvalue weighted by atomic mass is 16.5. The number of nitrogens with one attached hydrogen (secondary N) is 1. The smallest absolute Gasteiger partial charge is 0.325 e. The monoisotopic (exact) mass is 311 g/mol. The molecule has 0 radical (unpaired) electrons. The van der Waals surface area contributed by atoms with Crippen molar-refractivity contribution in [2.75, 3.05) is 0 Å². The van der Waals surface area contributed by atoms with Crippen molar-refractivity contribution in [3.05, 3.63) is 54.1 Å². The molecule has 1 atom stereocenters. The lowest BCUT2D eigenvalue weighted by Gasteiger charge is -2.18. The van der Waals surface area contributed by atoms with Gasteiger partial charge in [0.15, 0.2) is 11.3 Å². The largest absolute Gasteiger partial charge is 0.458 e. The molecule has 1 aromatic carbocycles. The topological polar surface area (TPSA) is 88.6 Å². The number of imide groups is 1. The maximum atomic E-state index is 12.8. The molecule has 1 aliphatic heterocycles. The van der Waals surface area contributed by atoms with Crippen molar-refractivity contribution in [1.29, 1.82) is 0 Å². The summed E-state index contributed by atoms with van der Waals surface area (Å²) in [5.41, 5.74) is -0.574. The molecule has 1 saturated heterocycles. The van der Waals surface area contributed by atoms with Gasteiger partial charge in [0, 0.05) is 11.5 Å². The molecule has 3 heterocycles. The lowest BCUT2D eigenvalue weighted by atomic mass is 9.99. The highest BCUT2D eigenvalue weighted by Gasteiger charge is 2.51. The molecule has 0 spiro atoms. The molecule has 1 N–H and O–H groups in total. The standard InChI is InChI=1S/C16H13N3O4/c1-16(13-8-10-4-2-3-5-12(10)22-13)14(20)19(15(21)18-16)9-11-6-7-17-23-11/h2-8H,9H2,1H3,(H,18,21). The van der Waals surface area contributed by atoms with Crippen molar-refractivity contribution < 1.29 is 18.5 Å². The summed E-state index contributed by atoms with van der Waals surface area (Å²) < 4.78 is 10.7. The van der Waals surface area contributed by atoms with Crippen LogP contribution in [0.3, 0.4) is 0 Å². The Morgan fingerprint density at radius 3 is 2.83 bits per heavy atom. The number of carbonyl (C=O) groups excluding carboxylic acids is 2. The third-order valence-electron chi connectivity index (χ3n) is 4.00. The van der Waals surface area contributed by atoms with Crippen LogP contribution in [0.5, 0.6) is 0 Å². The molecule has 0 aliphatic carbocycles. The van der Waals surface area contributed by atoms with E-state index in [1.54, 1.807) is 19.1 Å². The number of nitrogens with zero attached hydrogens (tertiary/aromatic N) is 2. The molecule has 1 unspecified atom stereocenters. The number of para-hydroxylation sites is 1. The number of hydrogen-bond donors (Lipinski definition) is 1. The lowest BCUT2D eigenvalue weighted by molar-refractivity contribution is -0.132. The van der Waals surface area contributed by atoms with E-state index in [1.165, 1.54) is 6.20 Å². The van der Waals surface area contributed by atoms with Gasteiger partial charge in [-0.05, 0) is 19.1 Å². The van der Waals surface area contributed by atoms with Crippen LogP contribution in [0.4, 0.5) is 4.79 Å². The van der Waals surface area contributed by atoms with Gasteiger partial charge in [-0.2, -0.15) is 0 Å². The molecule has 1 aliphatic rings. The van der Waals surface area contributed by atoms with Crippen molar-refractivity contribution >= 4 is 22.9 Å². The Kier molecular flexibility index (Phi) is 2.77. The molecule has 3 amide bonds. The number of hydrogen-bond acceptors (Lipinski definition) is 5. The predicted octanol–water partition coefficient (Wildman–Crippen LogP) is 2.39. The zero-order chi connectivity index (χ0) is 16.0. The number of fused-ring (bicyclic) bond motifs is 1. The van der Waals surface area contributed by atoms with Crippen LogP contribution in [0.15, 0.2) is 51.5 Å². The third kappa shape index (κ3) is 2.01. The van der Waals surface area contributed by atoms with Gasteiger partial charge in [-0.1, -0.05) is 23.4 Å². The molecule has 4 rings (SSSR count). The van der Waals surface area contributed by atoms with Crippen LogP contribution in [0.2, 0.25) is 0 Å². The third-order valence-corrected chi connectivity index (χ3v) is 4.00. The average Bonchev–Trinajstić information content (AvgIpc) is 3.24. The number of amides is 3. The number of aromatic nitrogens is 1. The minimum atomic E-state index is -1.24. The average molecular weight is 311 g/mol. The summed E-state index contributed by atoms with van der Waals surface area (Å²) in [7, 11) is 0. The Morgan fingerprint density at radius 1 is 1.26 bits per heavy atom. The van der Waals surface area contributed by atoms with Gasteiger partial charge in [-0.15, -0.1) is 0 Å². The van der Waals surface area contributed by atoms with Gasteiger partial charge < -0.3 is 14.3 Å². The van der Waals surface area contributed by atoms with E-state index in [2.05, 4.69) is 10.5 Å². The fourth-order valence-electron chi connectivity index (χ4n) is 2.72. The maximum Gasteiger partial charge on any atom is 0.325 e. The van der Waals surface area contributed by atoms with E-state index in [0.29, 0.717) is 17.1 Å². The zero-order valence-corrected chi connectivity index (χ0v) is 12.3. The molecule has 23 heavy (non-hydrogen) atoms. The van der Waals surface area contributed by atoms with Gasteiger partial charge >= 0.3 is 6.03 Å². The number of carbonyl (C=O) groups is 2. The van der Waals surface area contributed by atoms with Gasteiger partial charge in [0.2, 0.25) is 0 Å². The second-order valence-electron chi connectivity index (χ2n) is 5.57. The maximum absolute atomic E-state index is 12.8. The predicted molar refractivity (Wildman–Crippen MR) is 79.2 cm³/mol. The zero-order valence-electron chi connectivity index (χ0n) is 12.3. The summed E-state index contributed by atoms with van der Waals surface area (Å²) in [6.07, 6.45) is 1.46. The molecule has 0 saturated carbocycles. The first-order valence-electron chi connectivity index (χ1n) is 7.11. The molecule has 2 aromatic heterocycles. The van der Waals surface area contributed by atoms with E-state index >= 15 is 0 Å². The SMILES string of the molecule is CC1(c2cc3ccccc3o2)NC(=O)N(Cc2ccno2)C1=O. The van der Waals surface area contributed by atoms with E-state index in [0.717, 1.165) is 10.3 Å². The number of rotatable bonds is 3. The Balaban J connectivity index is 1.70. The lowest BCUT2D eigenvalue weighted by Crippen LogP contribution is -2.40.